The Balaban J connectivity index is 1.53. The summed E-state index contributed by atoms with van der Waals surface area (Å²) in [4.78, 5) is 17.3. The molecule has 2 aromatic carbocycles. The number of ether oxygens (including phenoxy) is 2. The lowest BCUT2D eigenvalue weighted by molar-refractivity contribution is 0.0710. The van der Waals surface area contributed by atoms with Crippen LogP contribution in [0.3, 0.4) is 0 Å². The van der Waals surface area contributed by atoms with Crippen LogP contribution in [0.15, 0.2) is 52.9 Å². The minimum absolute atomic E-state index is 0.0806. The zero-order valence-corrected chi connectivity index (χ0v) is 16.2. The lowest BCUT2D eigenvalue weighted by atomic mass is 10.1. The minimum atomic E-state index is -0.0806. The SMILES string of the molecule is COCc1c(C(=O)N2CCN(c3ccccc3OC)CC2)oc2ccccc12. The molecule has 3 aromatic rings. The molecule has 146 valence electrons. The van der Waals surface area contributed by atoms with Crippen LogP contribution in [-0.2, 0) is 11.3 Å². The van der Waals surface area contributed by atoms with Gasteiger partial charge < -0.3 is 23.7 Å². The summed E-state index contributed by atoms with van der Waals surface area (Å²) < 4.78 is 16.7. The molecule has 0 N–H and O–H groups in total. The minimum Gasteiger partial charge on any atom is -0.495 e. The number of benzene rings is 2. The number of carbonyl (C=O) groups is 1. The average Bonchev–Trinajstić information content (AvgIpc) is 3.12. The second kappa shape index (κ2) is 7.94. The molecule has 0 radical (unpaired) electrons. The highest BCUT2D eigenvalue weighted by Crippen LogP contribution is 2.30. The van der Waals surface area contributed by atoms with Gasteiger partial charge in [0.15, 0.2) is 5.76 Å². The molecule has 1 amide bonds. The first-order valence-corrected chi connectivity index (χ1v) is 9.39. The first-order chi connectivity index (χ1) is 13.7. The Morgan fingerprint density at radius 1 is 1.00 bits per heavy atom. The maximum atomic E-state index is 13.2. The molecule has 1 aromatic heterocycles. The maximum absolute atomic E-state index is 13.2. The molecular weight excluding hydrogens is 356 g/mol. The third kappa shape index (κ3) is 3.31. The summed E-state index contributed by atoms with van der Waals surface area (Å²) in [6.45, 7) is 3.08. The van der Waals surface area contributed by atoms with Crippen LogP contribution in [0.25, 0.3) is 11.0 Å². The van der Waals surface area contributed by atoms with E-state index in [0.29, 0.717) is 31.0 Å². The highest BCUT2D eigenvalue weighted by Gasteiger charge is 2.28. The topological polar surface area (TPSA) is 55.2 Å². The van der Waals surface area contributed by atoms with E-state index in [-0.39, 0.29) is 5.91 Å². The summed E-state index contributed by atoms with van der Waals surface area (Å²) in [5, 5.41) is 0.931. The van der Waals surface area contributed by atoms with Crippen molar-refractivity contribution in [2.45, 2.75) is 6.61 Å². The van der Waals surface area contributed by atoms with Gasteiger partial charge in [-0.25, -0.2) is 0 Å². The van der Waals surface area contributed by atoms with Gasteiger partial charge in [-0.2, -0.15) is 0 Å². The predicted molar refractivity (Wildman–Crippen MR) is 108 cm³/mol. The van der Waals surface area contributed by atoms with E-state index in [2.05, 4.69) is 4.90 Å². The second-order valence-corrected chi connectivity index (χ2v) is 6.79. The van der Waals surface area contributed by atoms with Gasteiger partial charge in [0.25, 0.3) is 5.91 Å². The van der Waals surface area contributed by atoms with Gasteiger partial charge in [-0.3, -0.25) is 4.79 Å². The van der Waals surface area contributed by atoms with Gasteiger partial charge in [-0.15, -0.1) is 0 Å². The van der Waals surface area contributed by atoms with Crippen LogP contribution in [0, 0.1) is 0 Å². The molecule has 1 aliphatic heterocycles. The highest BCUT2D eigenvalue weighted by molar-refractivity contribution is 5.99. The monoisotopic (exact) mass is 380 g/mol. The number of rotatable bonds is 5. The van der Waals surface area contributed by atoms with Crippen molar-refractivity contribution in [3.8, 4) is 5.75 Å². The molecule has 4 rings (SSSR count). The van der Waals surface area contributed by atoms with Crippen molar-refractivity contribution >= 4 is 22.6 Å². The normalized spacial score (nSPS) is 14.5. The van der Waals surface area contributed by atoms with Gasteiger partial charge >= 0.3 is 0 Å². The van der Waals surface area contributed by atoms with E-state index in [1.807, 2.05) is 53.4 Å². The lowest BCUT2D eigenvalue weighted by Gasteiger charge is -2.36. The van der Waals surface area contributed by atoms with E-state index < -0.39 is 0 Å². The van der Waals surface area contributed by atoms with Gasteiger partial charge in [-0.05, 0) is 18.2 Å². The maximum Gasteiger partial charge on any atom is 0.290 e. The average molecular weight is 380 g/mol. The molecule has 0 aliphatic carbocycles. The number of furan rings is 1. The number of nitrogens with zero attached hydrogens (tertiary/aromatic N) is 2. The molecule has 0 unspecified atom stereocenters. The van der Waals surface area contributed by atoms with Gasteiger partial charge in [0.2, 0.25) is 0 Å². The van der Waals surface area contributed by atoms with Crippen LogP contribution in [0.2, 0.25) is 0 Å². The van der Waals surface area contributed by atoms with E-state index in [4.69, 9.17) is 13.9 Å². The molecule has 2 heterocycles. The smallest absolute Gasteiger partial charge is 0.290 e. The lowest BCUT2D eigenvalue weighted by Crippen LogP contribution is -2.49. The van der Waals surface area contributed by atoms with Crippen molar-refractivity contribution in [3.63, 3.8) is 0 Å². The number of hydrogen-bond acceptors (Lipinski definition) is 5. The van der Waals surface area contributed by atoms with Crippen LogP contribution in [0.5, 0.6) is 5.75 Å². The molecule has 6 heteroatoms. The van der Waals surface area contributed by atoms with Gasteiger partial charge in [0, 0.05) is 44.2 Å². The fourth-order valence-corrected chi connectivity index (χ4v) is 3.74. The van der Waals surface area contributed by atoms with Gasteiger partial charge in [-0.1, -0.05) is 30.3 Å². The molecule has 0 atom stereocenters. The molecular formula is C22H24N2O4. The number of carbonyl (C=O) groups excluding carboxylic acids is 1. The number of piperazine rings is 1. The quantitative estimate of drug-likeness (QED) is 0.678. The molecule has 28 heavy (non-hydrogen) atoms. The number of fused-ring (bicyclic) bond motifs is 1. The molecule has 0 bridgehead atoms. The zero-order valence-electron chi connectivity index (χ0n) is 16.2. The molecule has 1 fully saturated rings. The fraction of sp³-hybridized carbons (Fsp3) is 0.318. The Labute approximate surface area is 164 Å². The number of anilines is 1. The Morgan fingerprint density at radius 2 is 1.71 bits per heavy atom. The highest BCUT2D eigenvalue weighted by atomic mass is 16.5. The fourth-order valence-electron chi connectivity index (χ4n) is 3.74. The predicted octanol–water partition coefficient (Wildman–Crippen LogP) is 3.55. The van der Waals surface area contributed by atoms with Crippen LogP contribution in [-0.4, -0.2) is 51.2 Å². The second-order valence-electron chi connectivity index (χ2n) is 6.79. The molecule has 1 saturated heterocycles. The summed E-state index contributed by atoms with van der Waals surface area (Å²) in [5.74, 6) is 1.15. The third-order valence-corrected chi connectivity index (χ3v) is 5.17. The van der Waals surface area contributed by atoms with E-state index in [0.717, 1.165) is 35.5 Å². The zero-order chi connectivity index (χ0) is 19.5. The molecule has 0 saturated carbocycles. The third-order valence-electron chi connectivity index (χ3n) is 5.17. The Bertz CT molecular complexity index is 974. The van der Waals surface area contributed by atoms with E-state index in [1.165, 1.54) is 0 Å². The van der Waals surface area contributed by atoms with Crippen LogP contribution >= 0.6 is 0 Å². The summed E-state index contributed by atoms with van der Waals surface area (Å²) in [5.41, 5.74) is 2.58. The van der Waals surface area contributed by atoms with Crippen LogP contribution in [0.4, 0.5) is 5.69 Å². The number of methoxy groups -OCH3 is 2. The van der Waals surface area contributed by atoms with E-state index in [1.54, 1.807) is 14.2 Å². The number of hydrogen-bond donors (Lipinski definition) is 0. The molecule has 6 nitrogen and oxygen atoms in total. The standard InChI is InChI=1S/C22H24N2O4/c1-26-15-17-16-7-3-5-9-19(16)28-21(17)22(25)24-13-11-23(12-14-24)18-8-4-6-10-20(18)27-2/h3-10H,11-15H2,1-2H3. The Kier molecular flexibility index (Phi) is 5.21. The van der Waals surface area contributed by atoms with Crippen molar-refractivity contribution in [2.75, 3.05) is 45.3 Å². The van der Waals surface area contributed by atoms with Crippen molar-refractivity contribution in [3.05, 3.63) is 59.9 Å². The van der Waals surface area contributed by atoms with Crippen LogP contribution in [0.1, 0.15) is 16.1 Å². The van der Waals surface area contributed by atoms with Crippen molar-refractivity contribution in [2.24, 2.45) is 0 Å². The molecule has 1 aliphatic rings. The van der Waals surface area contributed by atoms with Crippen molar-refractivity contribution in [1.29, 1.82) is 0 Å². The van der Waals surface area contributed by atoms with Crippen LogP contribution < -0.4 is 9.64 Å². The first-order valence-electron chi connectivity index (χ1n) is 9.39. The van der Waals surface area contributed by atoms with Gasteiger partial charge in [0.1, 0.15) is 11.3 Å². The van der Waals surface area contributed by atoms with E-state index >= 15 is 0 Å². The summed E-state index contributed by atoms with van der Waals surface area (Å²) in [7, 11) is 3.31. The first kappa shape index (κ1) is 18.4. The van der Waals surface area contributed by atoms with Crippen molar-refractivity contribution in [1.82, 2.24) is 4.90 Å². The Hall–Kier alpha value is -2.99. The number of amides is 1. The molecule has 0 spiro atoms. The summed E-state index contributed by atoms with van der Waals surface area (Å²) >= 11 is 0. The van der Waals surface area contributed by atoms with Gasteiger partial charge in [0.05, 0.1) is 19.4 Å². The summed E-state index contributed by atoms with van der Waals surface area (Å²) in [6.07, 6.45) is 0. The largest absolute Gasteiger partial charge is 0.495 e. The van der Waals surface area contributed by atoms with E-state index in [9.17, 15) is 4.79 Å². The summed E-state index contributed by atoms with van der Waals surface area (Å²) in [6, 6.07) is 15.7. The number of para-hydroxylation sites is 3. The Morgan fingerprint density at radius 3 is 2.46 bits per heavy atom. The van der Waals surface area contributed by atoms with Crippen molar-refractivity contribution < 1.29 is 18.7 Å².